The van der Waals surface area contributed by atoms with E-state index in [4.69, 9.17) is 0 Å². The van der Waals surface area contributed by atoms with Crippen molar-refractivity contribution in [1.29, 1.82) is 0 Å². The third kappa shape index (κ3) is 50.9. The first-order chi connectivity index (χ1) is 16.7. The van der Waals surface area contributed by atoms with Crippen molar-refractivity contribution < 1.29 is 79.0 Å². The topological polar surface area (TPSA) is 173 Å². The van der Waals surface area contributed by atoms with Crippen LogP contribution in [0.15, 0.2) is 0 Å². The first kappa shape index (κ1) is 44.3. The normalized spacial score (nSPS) is 8.43. The van der Waals surface area contributed by atoms with Gasteiger partial charge in [0.1, 0.15) is 48.8 Å². The Labute approximate surface area is 233 Å². The second-order valence-corrected chi connectivity index (χ2v) is 6.74. The standard InChI is InChI=1S/4C6H10O3.Ti/c4*1-3-9-6(8)4-5(2)7;/h4*3-4H2,1-2H3;/q;;;;+4. The molecule has 13 heteroatoms. The van der Waals surface area contributed by atoms with E-state index in [1.54, 1.807) is 27.7 Å². The zero-order valence-electron chi connectivity index (χ0n) is 23.1. The molecule has 0 atom stereocenters. The molecular weight excluding hydrogens is 528 g/mol. The maximum Gasteiger partial charge on any atom is 4.00 e. The largest absolute Gasteiger partial charge is 4.00 e. The van der Waals surface area contributed by atoms with Gasteiger partial charge >= 0.3 is 45.6 Å². The first-order valence-electron chi connectivity index (χ1n) is 11.3. The van der Waals surface area contributed by atoms with Crippen molar-refractivity contribution in [3.63, 3.8) is 0 Å². The molecule has 0 amide bonds. The molecule has 0 N–H and O–H groups in total. The van der Waals surface area contributed by atoms with E-state index in [0.29, 0.717) is 26.4 Å². The summed E-state index contributed by atoms with van der Waals surface area (Å²) in [6, 6.07) is 0. The zero-order chi connectivity index (χ0) is 29.1. The SMILES string of the molecule is CCOC(=O)CC(C)=O.CCOC(=O)CC(C)=O.CCOC(=O)CC(C)=O.CCOC(=O)CC(C)=O.[Ti+4]. The molecule has 0 radical (unpaired) electrons. The van der Waals surface area contributed by atoms with Crippen LogP contribution >= 0.6 is 0 Å². The average molecular weight is 568 g/mol. The molecule has 0 saturated heterocycles. The zero-order valence-corrected chi connectivity index (χ0v) is 24.6. The summed E-state index contributed by atoms with van der Waals surface area (Å²) in [5, 5.41) is 0. The monoisotopic (exact) mass is 568 g/mol. The van der Waals surface area contributed by atoms with Crippen LogP contribution in [0.1, 0.15) is 81.1 Å². The van der Waals surface area contributed by atoms with Crippen molar-refractivity contribution >= 4 is 47.0 Å². The van der Waals surface area contributed by atoms with Crippen LogP contribution in [0.4, 0.5) is 0 Å². The predicted octanol–water partition coefficient (Wildman–Crippen LogP) is 2.11. The van der Waals surface area contributed by atoms with Crippen LogP contribution < -0.4 is 0 Å². The van der Waals surface area contributed by atoms with E-state index in [1.165, 1.54) is 27.7 Å². The van der Waals surface area contributed by atoms with Crippen molar-refractivity contribution in [2.24, 2.45) is 0 Å². The molecule has 37 heavy (non-hydrogen) atoms. The van der Waals surface area contributed by atoms with Crippen molar-refractivity contribution in [2.75, 3.05) is 26.4 Å². The molecule has 0 fully saturated rings. The Hall–Kier alpha value is -2.73. The summed E-state index contributed by atoms with van der Waals surface area (Å²) < 4.78 is 18.0. The van der Waals surface area contributed by atoms with Gasteiger partial charge in [-0.05, 0) is 55.4 Å². The van der Waals surface area contributed by atoms with Crippen molar-refractivity contribution in [2.45, 2.75) is 81.1 Å². The molecule has 0 aromatic rings. The molecule has 0 aromatic carbocycles. The molecule has 0 aliphatic carbocycles. The minimum absolute atomic E-state index is 0. The van der Waals surface area contributed by atoms with E-state index in [2.05, 4.69) is 18.9 Å². The summed E-state index contributed by atoms with van der Waals surface area (Å²) in [6.45, 7) is 13.6. The van der Waals surface area contributed by atoms with E-state index in [1.807, 2.05) is 0 Å². The maximum absolute atomic E-state index is 10.4. The van der Waals surface area contributed by atoms with Gasteiger partial charge in [0.2, 0.25) is 0 Å². The van der Waals surface area contributed by atoms with E-state index < -0.39 is 23.9 Å². The predicted molar refractivity (Wildman–Crippen MR) is 128 cm³/mol. The number of carbonyl (C=O) groups excluding carboxylic acids is 8. The number of hydrogen-bond donors (Lipinski definition) is 0. The summed E-state index contributed by atoms with van der Waals surface area (Å²) in [5.74, 6) is -2.39. The molecule has 12 nitrogen and oxygen atoms in total. The smallest absolute Gasteiger partial charge is 0.466 e. The van der Waals surface area contributed by atoms with Gasteiger partial charge < -0.3 is 18.9 Å². The van der Waals surface area contributed by atoms with Gasteiger partial charge in [-0.15, -0.1) is 0 Å². The number of Topliss-reactive ketones (excluding diaryl/α,β-unsaturated/α-hetero) is 4. The van der Waals surface area contributed by atoms with E-state index in [-0.39, 0.29) is 70.5 Å². The Morgan fingerprint density at radius 1 is 0.378 bits per heavy atom. The fourth-order valence-corrected chi connectivity index (χ4v) is 1.66. The Kier molecular flexibility index (Phi) is 37.5. The first-order valence-corrected chi connectivity index (χ1v) is 11.3. The number of hydrogen-bond acceptors (Lipinski definition) is 12. The fourth-order valence-electron chi connectivity index (χ4n) is 1.66. The summed E-state index contributed by atoms with van der Waals surface area (Å²) in [4.78, 5) is 82.6. The second-order valence-electron chi connectivity index (χ2n) is 6.74. The van der Waals surface area contributed by atoms with Crippen molar-refractivity contribution in [3.8, 4) is 0 Å². The summed E-state index contributed by atoms with van der Waals surface area (Å²) >= 11 is 0. The van der Waals surface area contributed by atoms with Crippen LogP contribution in [0.3, 0.4) is 0 Å². The quantitative estimate of drug-likeness (QED) is 0.145. The van der Waals surface area contributed by atoms with Crippen LogP contribution in [0.2, 0.25) is 0 Å². The molecule has 0 saturated carbocycles. The van der Waals surface area contributed by atoms with Gasteiger partial charge in [-0.25, -0.2) is 0 Å². The maximum atomic E-state index is 10.4. The van der Waals surface area contributed by atoms with Crippen LogP contribution in [0.5, 0.6) is 0 Å². The number of esters is 4. The van der Waals surface area contributed by atoms with E-state index in [0.717, 1.165) is 0 Å². The van der Waals surface area contributed by atoms with Crippen LogP contribution in [0.25, 0.3) is 0 Å². The van der Waals surface area contributed by atoms with Gasteiger partial charge in [0, 0.05) is 0 Å². The van der Waals surface area contributed by atoms with Gasteiger partial charge in [0.05, 0.1) is 26.4 Å². The van der Waals surface area contributed by atoms with Crippen molar-refractivity contribution in [3.05, 3.63) is 0 Å². The third-order valence-corrected chi connectivity index (χ3v) is 2.79. The molecule has 0 heterocycles. The molecule has 0 unspecified atom stereocenters. The molecule has 0 aliphatic rings. The molecule has 0 bridgehead atoms. The third-order valence-electron chi connectivity index (χ3n) is 2.79. The van der Waals surface area contributed by atoms with E-state index >= 15 is 0 Å². The minimum atomic E-state index is -0.440. The van der Waals surface area contributed by atoms with Crippen LogP contribution in [0, 0.1) is 0 Å². The second kappa shape index (κ2) is 31.3. The van der Waals surface area contributed by atoms with Crippen LogP contribution in [-0.4, -0.2) is 73.4 Å². The average Bonchev–Trinajstić information content (AvgIpc) is 2.68. The van der Waals surface area contributed by atoms with Gasteiger partial charge in [-0.3, -0.25) is 38.4 Å². The number of carbonyl (C=O) groups is 8. The molecule has 0 aliphatic heterocycles. The Morgan fingerprint density at radius 2 is 0.514 bits per heavy atom. The molecule has 208 valence electrons. The Bertz CT molecular complexity index is 597. The fraction of sp³-hybridized carbons (Fsp3) is 0.667. The molecule has 0 spiro atoms. The van der Waals surface area contributed by atoms with Crippen LogP contribution in [-0.2, 0) is 79.0 Å². The van der Waals surface area contributed by atoms with Gasteiger partial charge in [-0.1, -0.05) is 0 Å². The van der Waals surface area contributed by atoms with Crippen molar-refractivity contribution in [1.82, 2.24) is 0 Å². The number of rotatable bonds is 12. The summed E-state index contributed by atoms with van der Waals surface area (Å²) in [7, 11) is 0. The number of ketones is 4. The van der Waals surface area contributed by atoms with Gasteiger partial charge in [0.25, 0.3) is 0 Å². The van der Waals surface area contributed by atoms with Gasteiger partial charge in [-0.2, -0.15) is 0 Å². The van der Waals surface area contributed by atoms with E-state index in [9.17, 15) is 38.4 Å². The molecule has 0 aromatic heterocycles. The minimum Gasteiger partial charge on any atom is -0.466 e. The van der Waals surface area contributed by atoms with Gasteiger partial charge in [0.15, 0.2) is 0 Å². The number of ether oxygens (including phenoxy) is 4. The Morgan fingerprint density at radius 3 is 0.595 bits per heavy atom. The summed E-state index contributed by atoms with van der Waals surface area (Å²) in [5.41, 5.74) is 0. The molecule has 0 rings (SSSR count). The Balaban J connectivity index is -0.000000122. The summed E-state index contributed by atoms with van der Waals surface area (Å²) in [6.07, 6.45) is -0.413. The molecular formula is C24H40O12Ti+4.